The smallest absolute Gasteiger partial charge is 0.225 e. The highest BCUT2D eigenvalue weighted by Crippen LogP contribution is 2.24. The van der Waals surface area contributed by atoms with Crippen molar-refractivity contribution in [1.29, 1.82) is 0 Å². The number of halogens is 1. The molecule has 0 saturated carbocycles. The van der Waals surface area contributed by atoms with E-state index in [1.165, 1.54) is 0 Å². The molecule has 0 radical (unpaired) electrons. The number of nitrogens with zero attached hydrogens (tertiary/aromatic N) is 2. The lowest BCUT2D eigenvalue weighted by atomic mass is 10.1. The number of aromatic nitrogens is 2. The molecule has 0 aliphatic carbocycles. The van der Waals surface area contributed by atoms with Crippen LogP contribution in [0.4, 0.5) is 0 Å². The zero-order valence-corrected chi connectivity index (χ0v) is 14.7. The number of ether oxygens (including phenoxy) is 1. The van der Waals surface area contributed by atoms with Gasteiger partial charge < -0.3 is 19.9 Å². The van der Waals surface area contributed by atoms with Crippen LogP contribution in [-0.4, -0.2) is 53.1 Å². The Kier molecular flexibility index (Phi) is 4.74. The molecule has 2 N–H and O–H groups in total. The Morgan fingerprint density at radius 3 is 2.96 bits per heavy atom. The van der Waals surface area contributed by atoms with Crippen LogP contribution in [0.1, 0.15) is 17.8 Å². The first kappa shape index (κ1) is 16.6. The summed E-state index contributed by atoms with van der Waals surface area (Å²) in [6, 6.07) is 7.60. The van der Waals surface area contributed by atoms with Gasteiger partial charge in [-0.2, -0.15) is 0 Å². The number of imidazole rings is 1. The number of fused-ring (bicyclic) bond motifs is 1. The van der Waals surface area contributed by atoms with Crippen molar-refractivity contribution in [3.63, 3.8) is 0 Å². The van der Waals surface area contributed by atoms with E-state index in [0.717, 1.165) is 42.3 Å². The largest absolute Gasteiger partial charge is 0.375 e. The number of amides is 1. The summed E-state index contributed by atoms with van der Waals surface area (Å²) in [5.41, 5.74) is 3.06. The molecule has 0 spiro atoms. The predicted molar refractivity (Wildman–Crippen MR) is 95.4 cm³/mol. The zero-order chi connectivity index (χ0) is 17.2. The summed E-state index contributed by atoms with van der Waals surface area (Å²) in [4.78, 5) is 22.5. The van der Waals surface area contributed by atoms with E-state index in [9.17, 15) is 4.79 Å². The number of H-pyrrole nitrogens is 1. The lowest BCUT2D eigenvalue weighted by molar-refractivity contribution is -0.135. The summed E-state index contributed by atoms with van der Waals surface area (Å²) in [7, 11) is 0. The quantitative estimate of drug-likeness (QED) is 0.878. The summed E-state index contributed by atoms with van der Waals surface area (Å²) in [5, 5.41) is 3.97. The van der Waals surface area contributed by atoms with E-state index >= 15 is 0 Å². The topological polar surface area (TPSA) is 70.2 Å². The van der Waals surface area contributed by atoms with Crippen LogP contribution in [0.3, 0.4) is 0 Å². The maximum atomic E-state index is 12.6. The Hall–Kier alpha value is -1.89. The van der Waals surface area contributed by atoms with Crippen LogP contribution in [0.5, 0.6) is 0 Å². The van der Waals surface area contributed by atoms with Crippen molar-refractivity contribution in [1.82, 2.24) is 20.2 Å². The predicted octanol–water partition coefficient (Wildman–Crippen LogP) is 1.99. The van der Waals surface area contributed by atoms with E-state index in [2.05, 4.69) is 15.3 Å². The summed E-state index contributed by atoms with van der Waals surface area (Å²) in [5.74, 6) is 0.970. The van der Waals surface area contributed by atoms with E-state index in [1.807, 2.05) is 29.2 Å². The highest BCUT2D eigenvalue weighted by Gasteiger charge is 2.26. The number of carbonyl (C=O) groups excluding carboxylic acids is 1. The molecule has 132 valence electrons. The Morgan fingerprint density at radius 1 is 1.36 bits per heavy atom. The monoisotopic (exact) mass is 360 g/mol. The fourth-order valence-corrected chi connectivity index (χ4v) is 3.45. The van der Waals surface area contributed by atoms with Crippen LogP contribution in [0.25, 0.3) is 11.4 Å². The first-order valence-electron chi connectivity index (χ1n) is 8.63. The molecule has 1 aromatic heterocycles. The highest BCUT2D eigenvalue weighted by atomic mass is 35.5. The van der Waals surface area contributed by atoms with Crippen molar-refractivity contribution in [2.45, 2.75) is 25.5 Å². The Morgan fingerprint density at radius 2 is 2.20 bits per heavy atom. The Balaban J connectivity index is 1.44. The van der Waals surface area contributed by atoms with Gasteiger partial charge in [-0.25, -0.2) is 4.98 Å². The van der Waals surface area contributed by atoms with E-state index < -0.39 is 0 Å². The Bertz CT molecular complexity index is 753. The van der Waals surface area contributed by atoms with E-state index in [4.69, 9.17) is 16.3 Å². The fourth-order valence-electron chi connectivity index (χ4n) is 3.33. The molecule has 2 aliphatic rings. The molecule has 2 aliphatic heterocycles. The molecule has 3 heterocycles. The van der Waals surface area contributed by atoms with Crippen LogP contribution in [0.2, 0.25) is 5.02 Å². The second kappa shape index (κ2) is 7.15. The molecule has 0 unspecified atom stereocenters. The van der Waals surface area contributed by atoms with Crippen molar-refractivity contribution >= 4 is 17.5 Å². The van der Waals surface area contributed by atoms with Gasteiger partial charge in [-0.3, -0.25) is 4.79 Å². The molecule has 1 amide bonds. The third-order valence-corrected chi connectivity index (χ3v) is 4.96. The van der Waals surface area contributed by atoms with Crippen molar-refractivity contribution < 1.29 is 9.53 Å². The second-order valence-electron chi connectivity index (χ2n) is 6.48. The molecule has 1 atom stereocenters. The van der Waals surface area contributed by atoms with Gasteiger partial charge in [0, 0.05) is 36.6 Å². The van der Waals surface area contributed by atoms with Crippen LogP contribution in [0.15, 0.2) is 24.3 Å². The van der Waals surface area contributed by atoms with Crippen LogP contribution < -0.4 is 5.32 Å². The standard InChI is InChI=1S/C18H21ClN4O2/c19-13-3-1-12(2-4-13)18-21-15-5-7-23(11-16(15)22-18)17(24)9-14-10-20-6-8-25-14/h1-4,14,20H,5-11H2,(H,21,22)/t14-/m0/s1. The van der Waals surface area contributed by atoms with Gasteiger partial charge >= 0.3 is 0 Å². The van der Waals surface area contributed by atoms with Crippen LogP contribution in [-0.2, 0) is 22.5 Å². The number of rotatable bonds is 3. The lowest BCUT2D eigenvalue weighted by Gasteiger charge is -2.29. The SMILES string of the molecule is O=C(C[C@H]1CNCCO1)N1CCc2nc(-c3ccc(Cl)cc3)[nH]c2C1. The minimum atomic E-state index is -0.0194. The fraction of sp³-hybridized carbons (Fsp3) is 0.444. The number of nitrogens with one attached hydrogen (secondary N) is 2. The zero-order valence-electron chi connectivity index (χ0n) is 13.9. The van der Waals surface area contributed by atoms with E-state index in [1.54, 1.807) is 0 Å². The molecular formula is C18H21ClN4O2. The number of carbonyl (C=O) groups is 1. The number of hydrogen-bond donors (Lipinski definition) is 2. The average molecular weight is 361 g/mol. The molecule has 1 fully saturated rings. The molecule has 2 aromatic rings. The Labute approximate surface area is 151 Å². The lowest BCUT2D eigenvalue weighted by Crippen LogP contribution is -2.43. The first-order chi connectivity index (χ1) is 12.2. The van der Waals surface area contributed by atoms with Gasteiger partial charge in [0.1, 0.15) is 5.82 Å². The van der Waals surface area contributed by atoms with Crippen molar-refractivity contribution in [2.24, 2.45) is 0 Å². The molecular weight excluding hydrogens is 340 g/mol. The molecule has 1 saturated heterocycles. The normalized spacial score (nSPS) is 20.4. The third kappa shape index (κ3) is 3.71. The van der Waals surface area contributed by atoms with Gasteiger partial charge in [-0.1, -0.05) is 11.6 Å². The molecule has 7 heteroatoms. The van der Waals surface area contributed by atoms with Crippen LogP contribution >= 0.6 is 11.6 Å². The van der Waals surface area contributed by atoms with Crippen LogP contribution in [0, 0.1) is 0 Å². The number of hydrogen-bond acceptors (Lipinski definition) is 4. The summed E-state index contributed by atoms with van der Waals surface area (Å²) in [6.07, 6.45) is 1.18. The second-order valence-corrected chi connectivity index (χ2v) is 6.92. The maximum absolute atomic E-state index is 12.6. The van der Waals surface area contributed by atoms with Crippen molar-refractivity contribution in [3.8, 4) is 11.4 Å². The van der Waals surface area contributed by atoms with Crippen molar-refractivity contribution in [3.05, 3.63) is 40.7 Å². The molecule has 4 rings (SSSR count). The van der Waals surface area contributed by atoms with E-state index in [-0.39, 0.29) is 12.0 Å². The van der Waals surface area contributed by atoms with Gasteiger partial charge in [0.15, 0.2) is 0 Å². The van der Waals surface area contributed by atoms with Gasteiger partial charge in [0.05, 0.1) is 37.1 Å². The third-order valence-electron chi connectivity index (χ3n) is 4.71. The highest BCUT2D eigenvalue weighted by molar-refractivity contribution is 6.30. The van der Waals surface area contributed by atoms with Crippen molar-refractivity contribution in [2.75, 3.05) is 26.2 Å². The molecule has 1 aromatic carbocycles. The number of morpholine rings is 1. The minimum absolute atomic E-state index is 0.0194. The van der Waals surface area contributed by atoms with Gasteiger partial charge in [0.2, 0.25) is 5.91 Å². The average Bonchev–Trinajstić information content (AvgIpc) is 3.06. The van der Waals surface area contributed by atoms with Gasteiger partial charge in [-0.05, 0) is 24.3 Å². The summed E-state index contributed by atoms with van der Waals surface area (Å²) in [6.45, 7) is 3.56. The number of benzene rings is 1. The first-order valence-corrected chi connectivity index (χ1v) is 9.00. The minimum Gasteiger partial charge on any atom is -0.375 e. The number of aromatic amines is 1. The van der Waals surface area contributed by atoms with Gasteiger partial charge in [0.25, 0.3) is 0 Å². The summed E-state index contributed by atoms with van der Waals surface area (Å²) >= 11 is 5.94. The summed E-state index contributed by atoms with van der Waals surface area (Å²) < 4.78 is 5.64. The van der Waals surface area contributed by atoms with Gasteiger partial charge in [-0.15, -0.1) is 0 Å². The van der Waals surface area contributed by atoms with E-state index in [0.29, 0.717) is 31.1 Å². The molecule has 6 nitrogen and oxygen atoms in total. The maximum Gasteiger partial charge on any atom is 0.225 e. The molecule has 25 heavy (non-hydrogen) atoms. The molecule has 0 bridgehead atoms.